The average Bonchev–Trinajstić information content (AvgIpc) is 4.32. The highest BCUT2D eigenvalue weighted by Gasteiger charge is 2.31. The van der Waals surface area contributed by atoms with Crippen LogP contribution in [0.1, 0.15) is 54.9 Å². The summed E-state index contributed by atoms with van der Waals surface area (Å²) in [6.45, 7) is 2.32. The molecule has 0 spiro atoms. The molecule has 4 heteroatoms. The van der Waals surface area contributed by atoms with Crippen LogP contribution in [0.15, 0.2) is 267 Å². The Morgan fingerprint density at radius 3 is 1.64 bits per heavy atom. The molecule has 10 aromatic carbocycles. The molecule has 1 aliphatic rings. The number of hydrogen-bond donors (Lipinski definition) is 1. The summed E-state index contributed by atoms with van der Waals surface area (Å²) in [6, 6.07) is 92.8. The zero-order chi connectivity index (χ0) is 52.4. The number of imidazole rings is 1. The molecule has 2 heterocycles. The van der Waals surface area contributed by atoms with E-state index in [1.165, 1.54) is 47.9 Å². The quantitative estimate of drug-likeness (QED) is 0.117. The van der Waals surface area contributed by atoms with Gasteiger partial charge in [-0.1, -0.05) is 232 Å². The zero-order valence-corrected chi connectivity index (χ0v) is 43.8. The molecule has 0 amide bonds. The van der Waals surface area contributed by atoms with Gasteiger partial charge < -0.3 is 5.11 Å². The van der Waals surface area contributed by atoms with Crippen LogP contribution in [0.4, 0.5) is 0 Å². The maximum absolute atomic E-state index is 12.5. The van der Waals surface area contributed by atoms with Crippen molar-refractivity contribution in [3.63, 3.8) is 0 Å². The summed E-state index contributed by atoms with van der Waals surface area (Å²) in [5, 5.41) is 12.5. The van der Waals surface area contributed by atoms with Gasteiger partial charge in [0.05, 0.1) is 28.0 Å². The number of fused-ring (bicyclic) bond motifs is 1. The van der Waals surface area contributed by atoms with Crippen molar-refractivity contribution < 1.29 is 5.11 Å². The Morgan fingerprint density at radius 2 is 0.974 bits per heavy atom. The van der Waals surface area contributed by atoms with E-state index in [9.17, 15) is 5.11 Å². The molecule has 2 aromatic heterocycles. The largest absolute Gasteiger partial charge is 0.507 e. The van der Waals surface area contributed by atoms with Gasteiger partial charge >= 0.3 is 0 Å². The molecule has 1 fully saturated rings. The van der Waals surface area contributed by atoms with Gasteiger partial charge in [0.15, 0.2) is 0 Å². The highest BCUT2D eigenvalue weighted by atomic mass is 16.3. The van der Waals surface area contributed by atoms with Crippen molar-refractivity contribution in [1.82, 2.24) is 14.5 Å². The number of aromatic hydroxyl groups is 1. The third kappa shape index (κ3) is 9.20. The second-order valence-electron chi connectivity index (χ2n) is 21.1. The molecule has 0 atom stereocenters. The number of pyridine rings is 1. The second kappa shape index (κ2) is 21.0. The molecule has 0 radical (unpaired) electrons. The van der Waals surface area contributed by atoms with Crippen LogP contribution in [-0.4, -0.2) is 19.6 Å². The van der Waals surface area contributed by atoms with Crippen LogP contribution in [0.5, 0.6) is 5.75 Å². The van der Waals surface area contributed by atoms with Crippen LogP contribution in [-0.2, 0) is 11.8 Å². The lowest BCUT2D eigenvalue weighted by molar-refractivity contribution is 0.479. The third-order valence-corrected chi connectivity index (χ3v) is 16.3. The number of phenolic OH excluding ortho intramolecular Hbond substituents is 1. The Balaban J connectivity index is 0.969. The highest BCUT2D eigenvalue weighted by Crippen LogP contribution is 2.45. The summed E-state index contributed by atoms with van der Waals surface area (Å²) in [5.41, 5.74) is 20.4. The fraction of sp³-hybridized carbons (Fsp3) is 0.108. The highest BCUT2D eigenvalue weighted by molar-refractivity contribution is 5.99. The van der Waals surface area contributed by atoms with Gasteiger partial charge in [0.25, 0.3) is 0 Å². The smallest absolute Gasteiger partial charge is 0.149 e. The van der Waals surface area contributed by atoms with E-state index in [0.717, 1.165) is 90.0 Å². The Bertz CT molecular complexity index is 4010. The van der Waals surface area contributed by atoms with E-state index in [0.29, 0.717) is 17.3 Å². The van der Waals surface area contributed by atoms with Crippen LogP contribution in [0, 0.1) is 5.92 Å². The van der Waals surface area contributed by atoms with Gasteiger partial charge in [-0.05, 0) is 135 Å². The van der Waals surface area contributed by atoms with Crippen LogP contribution >= 0.6 is 0 Å². The molecule has 376 valence electrons. The van der Waals surface area contributed by atoms with E-state index in [1.807, 2.05) is 54.7 Å². The van der Waals surface area contributed by atoms with Crippen molar-refractivity contribution in [3.8, 4) is 89.7 Å². The standard InChI is InChI=1S/C74H59N3O/c1-74(61-29-13-5-14-30-61,62-31-15-6-16-32-62)63-40-38-54(39-41-63)57-43-44-75-68(50-57)60-48-58(53-23-7-2-8-24-53)47-59(49-60)64-33-20-36-70-71(64)76-73(66-35-19-34-65(72(66)78)55-25-9-3-10-26-55)77(70)69-42-37-52(45-51-21-17-18-22-51)46-67(69)56-27-11-4-12-28-56/h2-16,19-20,23-44,46-51,78H,17-18,21-22,45H2,1H3. The van der Waals surface area contributed by atoms with E-state index in [2.05, 4.69) is 224 Å². The first-order valence-corrected chi connectivity index (χ1v) is 27.4. The van der Waals surface area contributed by atoms with E-state index in [1.54, 1.807) is 0 Å². The van der Waals surface area contributed by atoms with E-state index < -0.39 is 0 Å². The normalized spacial score (nSPS) is 12.8. The first kappa shape index (κ1) is 48.3. The molecule has 1 N–H and O–H groups in total. The molecule has 1 saturated carbocycles. The fourth-order valence-corrected chi connectivity index (χ4v) is 12.2. The number of phenols is 1. The molecular formula is C74H59N3O. The maximum atomic E-state index is 12.5. The number of rotatable bonds is 13. The lowest BCUT2D eigenvalue weighted by Gasteiger charge is -2.32. The molecule has 12 aromatic rings. The van der Waals surface area contributed by atoms with Crippen LogP contribution in [0.3, 0.4) is 0 Å². The molecular weight excluding hydrogens is 947 g/mol. The zero-order valence-electron chi connectivity index (χ0n) is 43.8. The summed E-state index contributed by atoms with van der Waals surface area (Å²) in [5.74, 6) is 1.56. The Kier molecular flexibility index (Phi) is 13.0. The Morgan fingerprint density at radius 1 is 0.436 bits per heavy atom. The third-order valence-electron chi connectivity index (χ3n) is 16.3. The lowest BCUT2D eigenvalue weighted by atomic mass is 9.71. The predicted octanol–water partition coefficient (Wildman–Crippen LogP) is 18.9. The summed E-state index contributed by atoms with van der Waals surface area (Å²) in [4.78, 5) is 10.8. The van der Waals surface area contributed by atoms with Crippen LogP contribution in [0.2, 0.25) is 0 Å². The van der Waals surface area contributed by atoms with E-state index in [4.69, 9.17) is 9.97 Å². The number of nitrogens with zero attached hydrogens (tertiary/aromatic N) is 3. The van der Waals surface area contributed by atoms with E-state index in [-0.39, 0.29) is 11.2 Å². The van der Waals surface area contributed by atoms with Gasteiger partial charge in [-0.2, -0.15) is 0 Å². The molecule has 0 saturated heterocycles. The first-order chi connectivity index (χ1) is 38.5. The fourth-order valence-electron chi connectivity index (χ4n) is 12.2. The number of hydrogen-bond acceptors (Lipinski definition) is 3. The van der Waals surface area contributed by atoms with Gasteiger partial charge in [-0.3, -0.25) is 9.55 Å². The SMILES string of the molecule is CC(c1ccccc1)(c1ccccc1)c1ccc(-c2ccnc(-c3cc(-c4ccccc4)cc(-c4cccc5c4nc(-c4cccc(-c6ccccc6)c4O)n5-c4ccc(CC5CCCC5)cc4-c4ccccc4)c3)c2)cc1. The summed E-state index contributed by atoms with van der Waals surface area (Å²) in [7, 11) is 0. The summed E-state index contributed by atoms with van der Waals surface area (Å²) in [6.07, 6.45) is 8.18. The lowest BCUT2D eigenvalue weighted by Crippen LogP contribution is -2.25. The summed E-state index contributed by atoms with van der Waals surface area (Å²) < 4.78 is 2.28. The van der Waals surface area contributed by atoms with Crippen molar-refractivity contribution >= 4 is 11.0 Å². The van der Waals surface area contributed by atoms with Crippen molar-refractivity contribution in [2.75, 3.05) is 0 Å². The summed E-state index contributed by atoms with van der Waals surface area (Å²) >= 11 is 0. The van der Waals surface area contributed by atoms with Gasteiger partial charge in [0.1, 0.15) is 11.6 Å². The van der Waals surface area contributed by atoms with E-state index >= 15 is 0 Å². The minimum absolute atomic E-state index is 0.191. The first-order valence-electron chi connectivity index (χ1n) is 27.4. The van der Waals surface area contributed by atoms with Crippen LogP contribution in [0.25, 0.3) is 95.0 Å². The molecule has 0 bridgehead atoms. The van der Waals surface area contributed by atoms with Crippen molar-refractivity contribution in [1.29, 1.82) is 0 Å². The van der Waals surface area contributed by atoms with Crippen molar-refractivity contribution in [2.45, 2.75) is 44.4 Å². The molecule has 0 aliphatic heterocycles. The van der Waals surface area contributed by atoms with Gasteiger partial charge in [0.2, 0.25) is 0 Å². The molecule has 0 unspecified atom stereocenters. The molecule has 78 heavy (non-hydrogen) atoms. The molecule has 1 aliphatic carbocycles. The topological polar surface area (TPSA) is 50.9 Å². The number of para-hydroxylation sites is 2. The van der Waals surface area contributed by atoms with Gasteiger partial charge in [0, 0.05) is 33.9 Å². The van der Waals surface area contributed by atoms with Crippen molar-refractivity contribution in [3.05, 3.63) is 289 Å². The predicted molar refractivity (Wildman–Crippen MR) is 323 cm³/mol. The average molecular weight is 1010 g/mol. The molecule has 13 rings (SSSR count). The maximum Gasteiger partial charge on any atom is 0.149 e. The van der Waals surface area contributed by atoms with Crippen LogP contribution < -0.4 is 0 Å². The van der Waals surface area contributed by atoms with Gasteiger partial charge in [-0.25, -0.2) is 4.98 Å². The minimum Gasteiger partial charge on any atom is -0.507 e. The Hall–Kier alpha value is -9.38. The number of benzene rings is 10. The molecule has 4 nitrogen and oxygen atoms in total. The van der Waals surface area contributed by atoms with Gasteiger partial charge in [-0.15, -0.1) is 0 Å². The second-order valence-corrected chi connectivity index (χ2v) is 21.1. The Labute approximate surface area is 457 Å². The number of aromatic nitrogens is 3. The van der Waals surface area contributed by atoms with Crippen molar-refractivity contribution in [2.24, 2.45) is 5.92 Å². The monoisotopic (exact) mass is 1010 g/mol. The minimum atomic E-state index is -0.339.